The van der Waals surface area contributed by atoms with Gasteiger partial charge in [0.1, 0.15) is 5.60 Å². The topological polar surface area (TPSA) is 103 Å². The Balaban J connectivity index is 2.40. The number of aliphatic imine (C=N–C) groups is 1. The summed E-state index contributed by atoms with van der Waals surface area (Å²) >= 11 is 0. The average molecular weight is 406 g/mol. The van der Waals surface area contributed by atoms with E-state index in [-0.39, 0.29) is 17.9 Å². The molecule has 1 aliphatic heterocycles. The maximum absolute atomic E-state index is 12.0. The second-order valence-electron chi connectivity index (χ2n) is 7.56. The van der Waals surface area contributed by atoms with E-state index in [1.807, 2.05) is 27.7 Å². The SMILES string of the molecule is CCNC(=NCCCN(C)S(=O)(=O)CC)NC1CN(C(=O)OC(C)(C)C)C1. The second kappa shape index (κ2) is 10.1. The number of amides is 1. The first-order chi connectivity index (χ1) is 12.5. The van der Waals surface area contributed by atoms with Crippen LogP contribution in [0.5, 0.6) is 0 Å². The lowest BCUT2D eigenvalue weighted by Crippen LogP contribution is -2.63. The minimum absolute atomic E-state index is 0.104. The predicted octanol–water partition coefficient (Wildman–Crippen LogP) is 0.832. The van der Waals surface area contributed by atoms with Crippen molar-refractivity contribution in [3.63, 3.8) is 0 Å². The highest BCUT2D eigenvalue weighted by molar-refractivity contribution is 7.89. The van der Waals surface area contributed by atoms with Gasteiger partial charge in [-0.05, 0) is 41.0 Å². The number of guanidine groups is 1. The molecule has 0 spiro atoms. The van der Waals surface area contributed by atoms with Crippen LogP contribution in [-0.2, 0) is 14.8 Å². The Kier molecular flexibility index (Phi) is 8.80. The number of hydrogen-bond acceptors (Lipinski definition) is 5. The van der Waals surface area contributed by atoms with Crippen LogP contribution in [0, 0.1) is 0 Å². The van der Waals surface area contributed by atoms with Crippen molar-refractivity contribution in [2.75, 3.05) is 45.5 Å². The third-order valence-electron chi connectivity index (χ3n) is 3.96. The smallest absolute Gasteiger partial charge is 0.410 e. The van der Waals surface area contributed by atoms with Crippen molar-refractivity contribution in [1.82, 2.24) is 19.8 Å². The molecule has 1 heterocycles. The minimum Gasteiger partial charge on any atom is -0.444 e. The largest absolute Gasteiger partial charge is 0.444 e. The van der Waals surface area contributed by atoms with Gasteiger partial charge >= 0.3 is 6.09 Å². The van der Waals surface area contributed by atoms with E-state index < -0.39 is 15.6 Å². The van der Waals surface area contributed by atoms with Gasteiger partial charge in [-0.15, -0.1) is 0 Å². The average Bonchev–Trinajstić information content (AvgIpc) is 2.51. The molecular weight excluding hydrogens is 370 g/mol. The molecule has 158 valence electrons. The molecule has 0 bridgehead atoms. The van der Waals surface area contributed by atoms with Crippen LogP contribution in [0.3, 0.4) is 0 Å². The standard InChI is InChI=1S/C17H35N5O4S/c1-7-18-15(19-10-9-11-21(6)27(24,25)8-2)20-14-12-22(13-14)16(23)26-17(3,4)5/h14H,7-13H2,1-6H3,(H2,18,19,20). The van der Waals surface area contributed by atoms with E-state index in [0.29, 0.717) is 38.6 Å². The Morgan fingerprint density at radius 2 is 1.93 bits per heavy atom. The summed E-state index contributed by atoms with van der Waals surface area (Å²) in [5.41, 5.74) is -0.496. The Labute approximate surface area is 163 Å². The van der Waals surface area contributed by atoms with Crippen LogP contribution < -0.4 is 10.6 Å². The van der Waals surface area contributed by atoms with Crippen molar-refractivity contribution in [3.05, 3.63) is 0 Å². The zero-order valence-electron chi connectivity index (χ0n) is 17.4. The fourth-order valence-electron chi connectivity index (χ4n) is 2.40. The van der Waals surface area contributed by atoms with Gasteiger partial charge in [-0.1, -0.05) is 0 Å². The molecular formula is C17H35N5O4S. The van der Waals surface area contributed by atoms with Gasteiger partial charge in [0.25, 0.3) is 0 Å². The summed E-state index contributed by atoms with van der Waals surface area (Å²) in [4.78, 5) is 18.1. The predicted molar refractivity (Wildman–Crippen MR) is 107 cm³/mol. The van der Waals surface area contributed by atoms with Gasteiger partial charge in [0.15, 0.2) is 5.96 Å². The molecule has 0 radical (unpaired) electrons. The molecule has 9 nitrogen and oxygen atoms in total. The number of hydrogen-bond donors (Lipinski definition) is 2. The monoisotopic (exact) mass is 405 g/mol. The highest BCUT2D eigenvalue weighted by Crippen LogP contribution is 2.15. The number of carbonyl (C=O) groups is 1. The summed E-state index contributed by atoms with van der Waals surface area (Å²) in [6.07, 6.45) is 0.337. The highest BCUT2D eigenvalue weighted by Gasteiger charge is 2.34. The van der Waals surface area contributed by atoms with Crippen LogP contribution in [-0.4, -0.2) is 86.8 Å². The van der Waals surface area contributed by atoms with E-state index in [1.165, 1.54) is 4.31 Å². The third kappa shape index (κ3) is 8.34. The van der Waals surface area contributed by atoms with E-state index in [4.69, 9.17) is 4.74 Å². The molecule has 0 saturated carbocycles. The number of nitrogens with zero attached hydrogens (tertiary/aromatic N) is 3. The van der Waals surface area contributed by atoms with Gasteiger partial charge in [0, 0.05) is 39.8 Å². The number of ether oxygens (including phenoxy) is 1. The molecule has 27 heavy (non-hydrogen) atoms. The van der Waals surface area contributed by atoms with Crippen molar-refractivity contribution >= 4 is 22.1 Å². The van der Waals surface area contributed by atoms with Crippen molar-refractivity contribution in [3.8, 4) is 0 Å². The maximum atomic E-state index is 12.0. The van der Waals surface area contributed by atoms with Gasteiger partial charge < -0.3 is 20.3 Å². The van der Waals surface area contributed by atoms with Gasteiger partial charge in [0.05, 0.1) is 11.8 Å². The molecule has 1 saturated heterocycles. The van der Waals surface area contributed by atoms with Gasteiger partial charge in [-0.3, -0.25) is 4.99 Å². The molecule has 1 rings (SSSR count). The summed E-state index contributed by atoms with van der Waals surface area (Å²) in [5.74, 6) is 0.777. The fraction of sp³-hybridized carbons (Fsp3) is 0.882. The Bertz CT molecular complexity index is 609. The quantitative estimate of drug-likeness (QED) is 0.352. The van der Waals surface area contributed by atoms with Gasteiger partial charge in [0.2, 0.25) is 10.0 Å². The zero-order valence-corrected chi connectivity index (χ0v) is 18.2. The van der Waals surface area contributed by atoms with Crippen LogP contribution in [0.25, 0.3) is 0 Å². The lowest BCUT2D eigenvalue weighted by molar-refractivity contribution is 0.00700. The second-order valence-corrected chi connectivity index (χ2v) is 9.93. The molecule has 2 N–H and O–H groups in total. The molecule has 0 unspecified atom stereocenters. The van der Waals surface area contributed by atoms with Crippen LogP contribution >= 0.6 is 0 Å². The normalized spacial score (nSPS) is 16.3. The first kappa shape index (κ1) is 23.5. The molecule has 10 heteroatoms. The zero-order chi connectivity index (χ0) is 20.7. The Morgan fingerprint density at radius 3 is 2.44 bits per heavy atom. The molecule has 0 atom stereocenters. The summed E-state index contributed by atoms with van der Waals surface area (Å²) in [7, 11) is -1.56. The summed E-state index contributed by atoms with van der Waals surface area (Å²) in [6.45, 7) is 12.0. The first-order valence-electron chi connectivity index (χ1n) is 9.45. The maximum Gasteiger partial charge on any atom is 0.410 e. The van der Waals surface area contributed by atoms with Crippen LogP contribution in [0.15, 0.2) is 4.99 Å². The minimum atomic E-state index is -3.15. The van der Waals surface area contributed by atoms with E-state index in [0.717, 1.165) is 6.54 Å². The van der Waals surface area contributed by atoms with Crippen molar-refractivity contribution in [2.45, 2.75) is 52.7 Å². The number of carbonyl (C=O) groups excluding carboxylic acids is 1. The highest BCUT2D eigenvalue weighted by atomic mass is 32.2. The number of sulfonamides is 1. The molecule has 0 aromatic rings. The lowest BCUT2D eigenvalue weighted by Gasteiger charge is -2.40. The van der Waals surface area contributed by atoms with E-state index in [9.17, 15) is 13.2 Å². The van der Waals surface area contributed by atoms with E-state index in [2.05, 4.69) is 15.6 Å². The number of rotatable bonds is 8. The van der Waals surface area contributed by atoms with Gasteiger partial charge in [-0.2, -0.15) is 0 Å². The van der Waals surface area contributed by atoms with Crippen LogP contribution in [0.4, 0.5) is 4.79 Å². The lowest BCUT2D eigenvalue weighted by atomic mass is 10.1. The molecule has 0 aromatic heterocycles. The van der Waals surface area contributed by atoms with E-state index >= 15 is 0 Å². The van der Waals surface area contributed by atoms with E-state index in [1.54, 1.807) is 18.9 Å². The van der Waals surface area contributed by atoms with Crippen molar-refractivity contribution in [1.29, 1.82) is 0 Å². The Morgan fingerprint density at radius 1 is 1.30 bits per heavy atom. The summed E-state index contributed by atoms with van der Waals surface area (Å²) in [6, 6.07) is 0.124. The molecule has 1 aliphatic rings. The molecule has 0 aromatic carbocycles. The van der Waals surface area contributed by atoms with Crippen LogP contribution in [0.2, 0.25) is 0 Å². The number of likely N-dealkylation sites (tertiary alicyclic amines) is 1. The summed E-state index contributed by atoms with van der Waals surface area (Å²) in [5, 5.41) is 6.46. The molecule has 1 amide bonds. The van der Waals surface area contributed by atoms with Gasteiger partial charge in [-0.25, -0.2) is 17.5 Å². The number of nitrogens with one attached hydrogen (secondary N) is 2. The third-order valence-corrected chi connectivity index (χ3v) is 5.82. The fourth-order valence-corrected chi connectivity index (χ4v) is 3.25. The van der Waals surface area contributed by atoms with Crippen molar-refractivity contribution < 1.29 is 17.9 Å². The molecule has 1 fully saturated rings. The first-order valence-corrected chi connectivity index (χ1v) is 11.1. The van der Waals surface area contributed by atoms with Crippen LogP contribution in [0.1, 0.15) is 41.0 Å². The Hall–Kier alpha value is -1.55. The molecule has 0 aliphatic carbocycles. The summed E-state index contributed by atoms with van der Waals surface area (Å²) < 4.78 is 30.1. The van der Waals surface area contributed by atoms with Crippen molar-refractivity contribution in [2.24, 2.45) is 4.99 Å².